The topological polar surface area (TPSA) is 84.2 Å². The maximum atomic E-state index is 12.5. The molecule has 25 heavy (non-hydrogen) atoms. The average Bonchev–Trinajstić information content (AvgIpc) is 2.52. The molecular weight excluding hydrogens is 314 g/mol. The molecule has 3 amide bonds. The van der Waals surface area contributed by atoms with Gasteiger partial charge < -0.3 is 16.4 Å². The minimum atomic E-state index is -0.573. The molecular formula is C20H27N3O2. The van der Waals surface area contributed by atoms with Gasteiger partial charge in [0, 0.05) is 18.7 Å². The molecule has 4 aliphatic carbocycles. The molecule has 5 rings (SSSR count). The third kappa shape index (κ3) is 3.65. The molecule has 4 fully saturated rings. The second-order valence-electron chi connectivity index (χ2n) is 8.56. The van der Waals surface area contributed by atoms with Crippen molar-refractivity contribution < 1.29 is 9.59 Å². The second kappa shape index (κ2) is 6.36. The van der Waals surface area contributed by atoms with Gasteiger partial charge in [0.15, 0.2) is 0 Å². The van der Waals surface area contributed by atoms with Crippen LogP contribution in [-0.4, -0.2) is 11.9 Å². The van der Waals surface area contributed by atoms with Gasteiger partial charge in [0.2, 0.25) is 5.91 Å². The van der Waals surface area contributed by atoms with Gasteiger partial charge in [-0.1, -0.05) is 12.1 Å². The Balaban J connectivity index is 1.30. The van der Waals surface area contributed by atoms with E-state index in [0.29, 0.717) is 18.7 Å². The van der Waals surface area contributed by atoms with Crippen LogP contribution in [0.15, 0.2) is 24.3 Å². The van der Waals surface area contributed by atoms with Gasteiger partial charge in [0.25, 0.3) is 0 Å². The van der Waals surface area contributed by atoms with Gasteiger partial charge in [-0.3, -0.25) is 4.79 Å². The SMILES string of the molecule is NC(=O)Nc1ccc(CNC(=O)CC23CC4CC(CC(C4)C2)C3)cc1. The molecule has 4 aliphatic rings. The van der Waals surface area contributed by atoms with E-state index in [1.165, 1.54) is 38.5 Å². The minimum Gasteiger partial charge on any atom is -0.352 e. The van der Waals surface area contributed by atoms with E-state index in [9.17, 15) is 9.59 Å². The van der Waals surface area contributed by atoms with Gasteiger partial charge in [0.1, 0.15) is 0 Å². The highest BCUT2D eigenvalue weighted by Crippen LogP contribution is 2.61. The number of amides is 3. The molecule has 0 aromatic heterocycles. The fraction of sp³-hybridized carbons (Fsp3) is 0.600. The van der Waals surface area contributed by atoms with Crippen LogP contribution < -0.4 is 16.4 Å². The Hall–Kier alpha value is -2.04. The van der Waals surface area contributed by atoms with Crippen LogP contribution in [0.25, 0.3) is 0 Å². The normalized spacial score (nSPS) is 32.4. The number of carbonyl (C=O) groups is 2. The Bertz CT molecular complexity index is 633. The molecule has 134 valence electrons. The predicted octanol–water partition coefficient (Wildman–Crippen LogP) is 3.40. The molecule has 0 atom stereocenters. The predicted molar refractivity (Wildman–Crippen MR) is 96.7 cm³/mol. The molecule has 4 bridgehead atoms. The van der Waals surface area contributed by atoms with Crippen molar-refractivity contribution in [3.05, 3.63) is 29.8 Å². The van der Waals surface area contributed by atoms with Crippen molar-refractivity contribution in [1.82, 2.24) is 5.32 Å². The Morgan fingerprint density at radius 2 is 1.56 bits per heavy atom. The molecule has 1 aromatic carbocycles. The summed E-state index contributed by atoms with van der Waals surface area (Å²) in [6, 6.07) is 6.82. The summed E-state index contributed by atoms with van der Waals surface area (Å²) in [7, 11) is 0. The van der Waals surface area contributed by atoms with E-state index in [4.69, 9.17) is 5.73 Å². The van der Waals surface area contributed by atoms with E-state index in [2.05, 4.69) is 10.6 Å². The minimum absolute atomic E-state index is 0.182. The third-order valence-corrected chi connectivity index (χ3v) is 6.41. The number of carbonyl (C=O) groups excluding carboxylic acids is 2. The zero-order valence-corrected chi connectivity index (χ0v) is 14.6. The number of nitrogens with two attached hydrogens (primary N) is 1. The molecule has 1 aromatic rings. The third-order valence-electron chi connectivity index (χ3n) is 6.41. The van der Waals surface area contributed by atoms with Gasteiger partial charge in [-0.2, -0.15) is 0 Å². The number of benzene rings is 1. The summed E-state index contributed by atoms with van der Waals surface area (Å²) < 4.78 is 0. The molecule has 0 radical (unpaired) electrons. The first-order valence-electron chi connectivity index (χ1n) is 9.42. The number of hydrogen-bond donors (Lipinski definition) is 3. The summed E-state index contributed by atoms with van der Waals surface area (Å²) in [5.41, 5.74) is 7.07. The maximum Gasteiger partial charge on any atom is 0.316 e. The van der Waals surface area contributed by atoms with Crippen molar-refractivity contribution in [2.45, 2.75) is 51.5 Å². The van der Waals surface area contributed by atoms with Crippen LogP contribution >= 0.6 is 0 Å². The maximum absolute atomic E-state index is 12.5. The van der Waals surface area contributed by atoms with Crippen LogP contribution in [0.3, 0.4) is 0 Å². The van der Waals surface area contributed by atoms with Crippen molar-refractivity contribution in [2.24, 2.45) is 28.9 Å². The van der Waals surface area contributed by atoms with Gasteiger partial charge in [-0.25, -0.2) is 4.79 Å². The zero-order valence-electron chi connectivity index (χ0n) is 14.6. The van der Waals surface area contributed by atoms with E-state index < -0.39 is 6.03 Å². The fourth-order valence-electron chi connectivity index (χ4n) is 5.96. The smallest absolute Gasteiger partial charge is 0.316 e. The average molecular weight is 341 g/mol. The van der Waals surface area contributed by atoms with Gasteiger partial charge in [0.05, 0.1) is 0 Å². The number of anilines is 1. The molecule has 0 saturated heterocycles. The van der Waals surface area contributed by atoms with Crippen LogP contribution in [0.5, 0.6) is 0 Å². The second-order valence-corrected chi connectivity index (χ2v) is 8.56. The van der Waals surface area contributed by atoms with Crippen molar-refractivity contribution in [1.29, 1.82) is 0 Å². The van der Waals surface area contributed by atoms with Gasteiger partial charge >= 0.3 is 6.03 Å². The van der Waals surface area contributed by atoms with Crippen molar-refractivity contribution in [3.63, 3.8) is 0 Å². The number of primary amides is 1. The standard InChI is InChI=1S/C20H27N3O2/c21-19(25)23-17-3-1-13(2-4-17)12-22-18(24)11-20-8-14-5-15(9-20)7-16(6-14)10-20/h1-4,14-16H,5-12H2,(H,22,24)(H3,21,23,25). The monoisotopic (exact) mass is 341 g/mol. The Labute approximate surface area is 148 Å². The number of nitrogens with one attached hydrogen (secondary N) is 2. The molecule has 4 saturated carbocycles. The quantitative estimate of drug-likeness (QED) is 0.767. The molecule has 0 heterocycles. The summed E-state index contributed by atoms with van der Waals surface area (Å²) in [4.78, 5) is 23.4. The fourth-order valence-corrected chi connectivity index (χ4v) is 5.96. The molecule has 0 unspecified atom stereocenters. The van der Waals surface area contributed by atoms with Crippen LogP contribution in [0.1, 0.15) is 50.5 Å². The molecule has 0 spiro atoms. The van der Waals surface area contributed by atoms with Crippen LogP contribution in [0.4, 0.5) is 10.5 Å². The van der Waals surface area contributed by atoms with E-state index in [-0.39, 0.29) is 11.3 Å². The van der Waals surface area contributed by atoms with E-state index >= 15 is 0 Å². The molecule has 4 N–H and O–H groups in total. The summed E-state index contributed by atoms with van der Waals surface area (Å²) in [6.45, 7) is 0.530. The molecule has 5 heteroatoms. The lowest BCUT2D eigenvalue weighted by Crippen LogP contribution is -2.47. The summed E-state index contributed by atoms with van der Waals surface area (Å²) in [6.07, 6.45) is 8.71. The van der Waals surface area contributed by atoms with Crippen LogP contribution in [0, 0.1) is 23.2 Å². The Morgan fingerprint density at radius 1 is 1.00 bits per heavy atom. The number of urea groups is 1. The lowest BCUT2D eigenvalue weighted by atomic mass is 9.49. The first-order chi connectivity index (χ1) is 12.0. The highest BCUT2D eigenvalue weighted by atomic mass is 16.2. The van der Waals surface area contributed by atoms with Gasteiger partial charge in [-0.05, 0) is 79.4 Å². The molecule has 0 aliphatic heterocycles. The largest absolute Gasteiger partial charge is 0.352 e. The van der Waals surface area contributed by atoms with Crippen molar-refractivity contribution in [2.75, 3.05) is 5.32 Å². The highest BCUT2D eigenvalue weighted by molar-refractivity contribution is 5.87. The van der Waals surface area contributed by atoms with Gasteiger partial charge in [-0.15, -0.1) is 0 Å². The first-order valence-corrected chi connectivity index (χ1v) is 9.42. The lowest BCUT2D eigenvalue weighted by molar-refractivity contribution is -0.129. The number of hydrogen-bond acceptors (Lipinski definition) is 2. The van der Waals surface area contributed by atoms with E-state index in [1.54, 1.807) is 12.1 Å². The van der Waals surface area contributed by atoms with E-state index in [0.717, 1.165) is 23.3 Å². The number of rotatable bonds is 5. The Kier molecular flexibility index (Phi) is 4.18. The summed E-state index contributed by atoms with van der Waals surface area (Å²) in [5.74, 6) is 2.82. The van der Waals surface area contributed by atoms with Crippen molar-refractivity contribution >= 4 is 17.6 Å². The lowest BCUT2D eigenvalue weighted by Gasteiger charge is -2.56. The summed E-state index contributed by atoms with van der Waals surface area (Å²) in [5, 5.41) is 5.62. The van der Waals surface area contributed by atoms with Crippen LogP contribution in [0.2, 0.25) is 0 Å². The highest BCUT2D eigenvalue weighted by Gasteiger charge is 2.51. The van der Waals surface area contributed by atoms with E-state index in [1.807, 2.05) is 12.1 Å². The van der Waals surface area contributed by atoms with Crippen molar-refractivity contribution in [3.8, 4) is 0 Å². The van der Waals surface area contributed by atoms with Crippen LogP contribution in [-0.2, 0) is 11.3 Å². The Morgan fingerprint density at radius 3 is 2.08 bits per heavy atom. The summed E-state index contributed by atoms with van der Waals surface area (Å²) >= 11 is 0. The molecule has 5 nitrogen and oxygen atoms in total. The zero-order chi connectivity index (χ0) is 17.4. The first kappa shape index (κ1) is 16.4.